The molecule has 6 heteroatoms. The molecule has 1 saturated heterocycles. The SMILES string of the molecule is CCOC(=O)C1CCCN(C(=O)/C=C(\C)c2cc3c(C)coc3cc2OC)C1. The Labute approximate surface area is 165 Å². The van der Waals surface area contributed by atoms with Gasteiger partial charge in [0.25, 0.3) is 0 Å². The molecule has 2 aromatic rings. The molecule has 6 nitrogen and oxygen atoms in total. The lowest BCUT2D eigenvalue weighted by Crippen LogP contribution is -2.42. The van der Waals surface area contributed by atoms with Gasteiger partial charge in [0.15, 0.2) is 0 Å². The van der Waals surface area contributed by atoms with Gasteiger partial charge in [0.1, 0.15) is 11.3 Å². The van der Waals surface area contributed by atoms with Crippen molar-refractivity contribution in [2.75, 3.05) is 26.8 Å². The number of furan rings is 1. The fourth-order valence-electron chi connectivity index (χ4n) is 3.64. The van der Waals surface area contributed by atoms with Crippen molar-refractivity contribution >= 4 is 28.4 Å². The molecule has 1 amide bonds. The van der Waals surface area contributed by atoms with Gasteiger partial charge in [-0.15, -0.1) is 0 Å². The van der Waals surface area contributed by atoms with E-state index >= 15 is 0 Å². The van der Waals surface area contributed by atoms with E-state index in [0.717, 1.165) is 40.5 Å². The third-order valence-electron chi connectivity index (χ3n) is 5.21. The Kier molecular flexibility index (Phi) is 6.07. The molecule has 28 heavy (non-hydrogen) atoms. The molecule has 1 aromatic heterocycles. The highest BCUT2D eigenvalue weighted by Gasteiger charge is 2.28. The lowest BCUT2D eigenvalue weighted by molar-refractivity contribution is -0.150. The van der Waals surface area contributed by atoms with Crippen LogP contribution in [0.4, 0.5) is 0 Å². The zero-order valence-corrected chi connectivity index (χ0v) is 16.9. The molecule has 0 spiro atoms. The summed E-state index contributed by atoms with van der Waals surface area (Å²) in [6, 6.07) is 3.83. The minimum atomic E-state index is -0.245. The number of carbonyl (C=O) groups is 2. The smallest absolute Gasteiger partial charge is 0.310 e. The predicted octanol–water partition coefficient (Wildman–Crippen LogP) is 3.95. The summed E-state index contributed by atoms with van der Waals surface area (Å²) in [6.07, 6.45) is 4.88. The Balaban J connectivity index is 1.82. The maximum atomic E-state index is 12.8. The van der Waals surface area contributed by atoms with Gasteiger partial charge in [-0.3, -0.25) is 9.59 Å². The Hall–Kier alpha value is -2.76. The number of methoxy groups -OCH3 is 1. The van der Waals surface area contributed by atoms with Gasteiger partial charge in [-0.2, -0.15) is 0 Å². The van der Waals surface area contributed by atoms with Crippen LogP contribution in [-0.2, 0) is 14.3 Å². The van der Waals surface area contributed by atoms with Crippen LogP contribution in [0.25, 0.3) is 16.5 Å². The number of benzene rings is 1. The summed E-state index contributed by atoms with van der Waals surface area (Å²) in [5, 5.41) is 0.997. The van der Waals surface area contributed by atoms with Crippen LogP contribution in [0.5, 0.6) is 5.75 Å². The monoisotopic (exact) mass is 385 g/mol. The van der Waals surface area contributed by atoms with Gasteiger partial charge in [0.05, 0.1) is 25.9 Å². The fraction of sp³-hybridized carbons (Fsp3) is 0.455. The summed E-state index contributed by atoms with van der Waals surface area (Å²) >= 11 is 0. The van der Waals surface area contributed by atoms with E-state index in [1.165, 1.54) is 0 Å². The summed E-state index contributed by atoms with van der Waals surface area (Å²) in [5.74, 6) is 0.0954. The molecule has 1 aliphatic heterocycles. The van der Waals surface area contributed by atoms with Gasteiger partial charge in [-0.05, 0) is 50.8 Å². The summed E-state index contributed by atoms with van der Waals surface area (Å²) in [5.41, 5.74) is 3.45. The Morgan fingerprint density at radius 3 is 2.86 bits per heavy atom. The number of carbonyl (C=O) groups excluding carboxylic acids is 2. The third-order valence-corrected chi connectivity index (χ3v) is 5.21. The van der Waals surface area contributed by atoms with Gasteiger partial charge in [0.2, 0.25) is 5.91 Å². The van der Waals surface area contributed by atoms with Gasteiger partial charge in [0, 0.05) is 36.2 Å². The standard InChI is InChI=1S/C22H27NO5/c1-5-27-22(25)16-7-6-8-23(12-16)21(24)9-14(2)17-10-18-15(3)13-28-20(18)11-19(17)26-4/h9-11,13,16H,5-8,12H2,1-4H3/b14-9+. The number of esters is 1. The second-order valence-corrected chi connectivity index (χ2v) is 7.17. The first kappa shape index (κ1) is 20.0. The number of likely N-dealkylation sites (tertiary alicyclic amines) is 1. The number of piperidine rings is 1. The normalized spacial score (nSPS) is 17.6. The van der Waals surface area contributed by atoms with Crippen LogP contribution >= 0.6 is 0 Å². The number of allylic oxidation sites excluding steroid dienone is 1. The zero-order valence-electron chi connectivity index (χ0n) is 16.9. The number of amides is 1. The molecule has 1 atom stereocenters. The molecule has 0 N–H and O–H groups in total. The van der Waals surface area contributed by atoms with Crippen molar-refractivity contribution in [2.45, 2.75) is 33.6 Å². The Morgan fingerprint density at radius 1 is 1.36 bits per heavy atom. The van der Waals surface area contributed by atoms with Crippen LogP contribution in [0.1, 0.15) is 37.8 Å². The first-order valence-electron chi connectivity index (χ1n) is 9.64. The summed E-state index contributed by atoms with van der Waals surface area (Å²) < 4.78 is 16.2. The van der Waals surface area contributed by atoms with Crippen LogP contribution < -0.4 is 4.74 Å². The van der Waals surface area contributed by atoms with E-state index in [4.69, 9.17) is 13.9 Å². The van der Waals surface area contributed by atoms with E-state index < -0.39 is 0 Å². The van der Waals surface area contributed by atoms with Gasteiger partial charge < -0.3 is 18.8 Å². The number of hydrogen-bond donors (Lipinski definition) is 0. The van der Waals surface area contributed by atoms with Crippen molar-refractivity contribution < 1.29 is 23.5 Å². The van der Waals surface area contributed by atoms with Crippen molar-refractivity contribution in [2.24, 2.45) is 5.92 Å². The molecule has 1 unspecified atom stereocenters. The van der Waals surface area contributed by atoms with Crippen LogP contribution in [0.15, 0.2) is 28.9 Å². The molecule has 0 saturated carbocycles. The average molecular weight is 385 g/mol. The van der Waals surface area contributed by atoms with Crippen LogP contribution in [0, 0.1) is 12.8 Å². The quantitative estimate of drug-likeness (QED) is 0.576. The minimum Gasteiger partial charge on any atom is -0.496 e. The summed E-state index contributed by atoms with van der Waals surface area (Å²) in [4.78, 5) is 26.6. The molecule has 0 bridgehead atoms. The molecular weight excluding hydrogens is 358 g/mol. The second-order valence-electron chi connectivity index (χ2n) is 7.17. The largest absolute Gasteiger partial charge is 0.496 e. The predicted molar refractivity (Wildman–Crippen MR) is 107 cm³/mol. The maximum absolute atomic E-state index is 12.8. The van der Waals surface area contributed by atoms with Crippen LogP contribution in [0.3, 0.4) is 0 Å². The molecule has 0 aliphatic carbocycles. The van der Waals surface area contributed by atoms with Crippen molar-refractivity contribution in [1.82, 2.24) is 4.90 Å². The number of ether oxygens (including phenoxy) is 2. The molecule has 1 aliphatic rings. The van der Waals surface area contributed by atoms with Crippen molar-refractivity contribution in [3.8, 4) is 5.75 Å². The molecular formula is C22H27NO5. The minimum absolute atomic E-state index is 0.0995. The molecule has 1 aromatic carbocycles. The van der Waals surface area contributed by atoms with Crippen LogP contribution in [-0.4, -0.2) is 43.6 Å². The Morgan fingerprint density at radius 2 is 2.14 bits per heavy atom. The highest BCUT2D eigenvalue weighted by molar-refractivity contribution is 5.97. The second kappa shape index (κ2) is 8.50. The van der Waals surface area contributed by atoms with Crippen molar-refractivity contribution in [3.05, 3.63) is 35.6 Å². The van der Waals surface area contributed by atoms with E-state index in [-0.39, 0.29) is 17.8 Å². The first-order chi connectivity index (χ1) is 13.4. The van der Waals surface area contributed by atoms with Gasteiger partial charge in [-0.1, -0.05) is 0 Å². The van der Waals surface area contributed by atoms with Gasteiger partial charge >= 0.3 is 5.97 Å². The lowest BCUT2D eigenvalue weighted by Gasteiger charge is -2.31. The van der Waals surface area contributed by atoms with Gasteiger partial charge in [-0.25, -0.2) is 0 Å². The highest BCUT2D eigenvalue weighted by atomic mass is 16.5. The molecule has 150 valence electrons. The number of fused-ring (bicyclic) bond motifs is 1. The number of hydrogen-bond acceptors (Lipinski definition) is 5. The lowest BCUT2D eigenvalue weighted by atomic mass is 9.97. The van der Waals surface area contributed by atoms with Crippen LogP contribution in [0.2, 0.25) is 0 Å². The first-order valence-corrected chi connectivity index (χ1v) is 9.64. The van der Waals surface area contributed by atoms with E-state index in [1.54, 1.807) is 31.3 Å². The Bertz CT molecular complexity index is 911. The van der Waals surface area contributed by atoms with E-state index in [0.29, 0.717) is 25.4 Å². The highest BCUT2D eigenvalue weighted by Crippen LogP contribution is 2.33. The molecule has 3 rings (SSSR count). The summed E-state index contributed by atoms with van der Waals surface area (Å²) in [6.45, 7) is 7.08. The van der Waals surface area contributed by atoms with E-state index in [2.05, 4.69) is 0 Å². The fourth-order valence-corrected chi connectivity index (χ4v) is 3.64. The topological polar surface area (TPSA) is 69.0 Å². The zero-order chi connectivity index (χ0) is 20.3. The van der Waals surface area contributed by atoms with Crippen molar-refractivity contribution in [1.29, 1.82) is 0 Å². The summed E-state index contributed by atoms with van der Waals surface area (Å²) in [7, 11) is 1.60. The third kappa shape index (κ3) is 4.06. The molecule has 1 fully saturated rings. The van der Waals surface area contributed by atoms with E-state index in [1.807, 2.05) is 26.0 Å². The number of rotatable bonds is 5. The average Bonchev–Trinajstić information content (AvgIpc) is 3.07. The number of aryl methyl sites for hydroxylation is 1. The number of nitrogens with zero attached hydrogens (tertiary/aromatic N) is 1. The molecule has 2 heterocycles. The molecule has 0 radical (unpaired) electrons. The maximum Gasteiger partial charge on any atom is 0.310 e. The van der Waals surface area contributed by atoms with E-state index in [9.17, 15) is 9.59 Å². The van der Waals surface area contributed by atoms with Crippen molar-refractivity contribution in [3.63, 3.8) is 0 Å².